The number of rotatable bonds is 6. The fraction of sp³-hybridized carbons (Fsp3) is 0.300. The molecular formula is C20H19ClN4OS. The summed E-state index contributed by atoms with van der Waals surface area (Å²) in [5.41, 5.74) is 2.54. The molecule has 1 amide bonds. The molecule has 0 radical (unpaired) electrons. The summed E-state index contributed by atoms with van der Waals surface area (Å²) in [7, 11) is 0. The van der Waals surface area contributed by atoms with Crippen LogP contribution in [0.25, 0.3) is 10.6 Å². The van der Waals surface area contributed by atoms with Crippen molar-refractivity contribution in [2.24, 2.45) is 5.92 Å². The van der Waals surface area contributed by atoms with Gasteiger partial charge in [-0.2, -0.15) is 0 Å². The molecule has 0 aliphatic heterocycles. The van der Waals surface area contributed by atoms with E-state index < -0.39 is 0 Å². The summed E-state index contributed by atoms with van der Waals surface area (Å²) < 4.78 is 0. The molecule has 1 N–H and O–H groups in total. The van der Waals surface area contributed by atoms with Crippen LogP contribution in [0.3, 0.4) is 0 Å². The molecule has 2 heterocycles. The number of aromatic nitrogens is 3. The molecule has 2 aromatic heterocycles. The molecule has 1 saturated carbocycles. The minimum Gasteiger partial charge on any atom is -0.345 e. The van der Waals surface area contributed by atoms with E-state index in [9.17, 15) is 4.79 Å². The van der Waals surface area contributed by atoms with Gasteiger partial charge in [0.15, 0.2) is 5.82 Å². The molecule has 138 valence electrons. The largest absolute Gasteiger partial charge is 0.345 e. The maximum absolute atomic E-state index is 12.6. The van der Waals surface area contributed by atoms with Gasteiger partial charge in [-0.15, -0.1) is 11.3 Å². The average molecular weight is 399 g/mol. The van der Waals surface area contributed by atoms with E-state index in [1.165, 1.54) is 11.3 Å². The number of amides is 1. The second-order valence-electron chi connectivity index (χ2n) is 6.74. The topological polar surface area (TPSA) is 67.8 Å². The Morgan fingerprint density at radius 1 is 1.30 bits per heavy atom. The van der Waals surface area contributed by atoms with Gasteiger partial charge < -0.3 is 5.32 Å². The summed E-state index contributed by atoms with van der Waals surface area (Å²) in [5.74, 6) is 1.05. The van der Waals surface area contributed by atoms with Crippen LogP contribution in [0.2, 0.25) is 5.02 Å². The van der Waals surface area contributed by atoms with Crippen LogP contribution in [0.5, 0.6) is 0 Å². The SMILES string of the molecule is Cc1ccnc([C@H](NC(=O)Cc2csc(-c3ccccc3Cl)n2)C2CC2)n1. The number of aryl methyl sites for hydroxylation is 1. The Balaban J connectivity index is 1.45. The first-order valence-corrected chi connectivity index (χ1v) is 10.1. The van der Waals surface area contributed by atoms with E-state index in [2.05, 4.69) is 20.3 Å². The summed E-state index contributed by atoms with van der Waals surface area (Å²) in [6, 6.07) is 9.33. The van der Waals surface area contributed by atoms with Crippen molar-refractivity contribution >= 4 is 28.8 Å². The fourth-order valence-corrected chi connectivity index (χ4v) is 4.12. The van der Waals surface area contributed by atoms with E-state index in [-0.39, 0.29) is 18.4 Å². The van der Waals surface area contributed by atoms with Crippen LogP contribution in [0.15, 0.2) is 41.9 Å². The molecule has 4 rings (SSSR count). The summed E-state index contributed by atoms with van der Waals surface area (Å²) in [5, 5.41) is 6.50. The lowest BCUT2D eigenvalue weighted by Crippen LogP contribution is -2.32. The molecule has 1 aromatic carbocycles. The van der Waals surface area contributed by atoms with Gasteiger partial charge in [-0.1, -0.05) is 29.8 Å². The van der Waals surface area contributed by atoms with Crippen LogP contribution >= 0.6 is 22.9 Å². The van der Waals surface area contributed by atoms with Gasteiger partial charge in [0.25, 0.3) is 0 Å². The second kappa shape index (κ2) is 7.74. The third kappa shape index (κ3) is 4.34. The van der Waals surface area contributed by atoms with Crippen molar-refractivity contribution in [1.29, 1.82) is 0 Å². The molecule has 1 aliphatic rings. The van der Waals surface area contributed by atoms with Crippen molar-refractivity contribution in [3.63, 3.8) is 0 Å². The molecule has 7 heteroatoms. The van der Waals surface area contributed by atoms with Crippen LogP contribution in [-0.4, -0.2) is 20.9 Å². The number of halogens is 1. The quantitative estimate of drug-likeness (QED) is 0.669. The van der Waals surface area contributed by atoms with Gasteiger partial charge in [-0.05, 0) is 37.8 Å². The van der Waals surface area contributed by atoms with Crippen molar-refractivity contribution in [3.8, 4) is 10.6 Å². The number of carbonyl (C=O) groups excluding carboxylic acids is 1. The Hall–Kier alpha value is -2.31. The van der Waals surface area contributed by atoms with E-state index >= 15 is 0 Å². The molecule has 0 bridgehead atoms. The summed E-state index contributed by atoms with van der Waals surface area (Å²) in [6.07, 6.45) is 4.16. The van der Waals surface area contributed by atoms with Crippen molar-refractivity contribution in [2.45, 2.75) is 32.2 Å². The van der Waals surface area contributed by atoms with Crippen LogP contribution in [0.1, 0.15) is 36.1 Å². The summed E-state index contributed by atoms with van der Waals surface area (Å²) in [6.45, 7) is 1.93. The molecular weight excluding hydrogens is 380 g/mol. The van der Waals surface area contributed by atoms with E-state index in [0.29, 0.717) is 16.8 Å². The van der Waals surface area contributed by atoms with Crippen molar-refractivity contribution in [2.75, 3.05) is 0 Å². The van der Waals surface area contributed by atoms with E-state index in [1.54, 1.807) is 6.20 Å². The molecule has 0 unspecified atom stereocenters. The van der Waals surface area contributed by atoms with Crippen LogP contribution < -0.4 is 5.32 Å². The fourth-order valence-electron chi connectivity index (χ4n) is 2.98. The first kappa shape index (κ1) is 18.1. The van der Waals surface area contributed by atoms with Gasteiger partial charge in [-0.3, -0.25) is 4.79 Å². The normalized spacial score (nSPS) is 14.7. The minimum atomic E-state index is -0.126. The van der Waals surface area contributed by atoms with Gasteiger partial charge in [-0.25, -0.2) is 15.0 Å². The number of hydrogen-bond acceptors (Lipinski definition) is 5. The Morgan fingerprint density at radius 3 is 2.85 bits per heavy atom. The Bertz CT molecular complexity index is 970. The van der Waals surface area contributed by atoms with Crippen LogP contribution in [-0.2, 0) is 11.2 Å². The molecule has 1 atom stereocenters. The number of carbonyl (C=O) groups is 1. The van der Waals surface area contributed by atoms with E-state index in [0.717, 1.165) is 34.8 Å². The highest BCUT2D eigenvalue weighted by atomic mass is 35.5. The van der Waals surface area contributed by atoms with Crippen LogP contribution in [0, 0.1) is 12.8 Å². The minimum absolute atomic E-state index is 0.0620. The average Bonchev–Trinajstić information content (AvgIpc) is 3.39. The number of nitrogens with one attached hydrogen (secondary N) is 1. The first-order valence-electron chi connectivity index (χ1n) is 8.88. The van der Waals surface area contributed by atoms with Gasteiger partial charge in [0, 0.05) is 22.8 Å². The van der Waals surface area contributed by atoms with Crippen molar-refractivity contribution in [1.82, 2.24) is 20.3 Å². The standard InChI is InChI=1S/C20H19ClN4OS/c1-12-8-9-22-19(23-12)18(13-6-7-13)25-17(26)10-14-11-27-20(24-14)15-4-2-3-5-16(15)21/h2-5,8-9,11,13,18H,6-7,10H2,1H3,(H,25,26)/t18-/m1/s1. The predicted molar refractivity (Wildman–Crippen MR) is 107 cm³/mol. The number of thiazole rings is 1. The molecule has 0 saturated heterocycles. The highest BCUT2D eigenvalue weighted by Crippen LogP contribution is 2.40. The third-order valence-corrected chi connectivity index (χ3v) is 5.75. The van der Waals surface area contributed by atoms with Gasteiger partial charge >= 0.3 is 0 Å². The lowest BCUT2D eigenvalue weighted by molar-refractivity contribution is -0.121. The second-order valence-corrected chi connectivity index (χ2v) is 8.00. The summed E-state index contributed by atoms with van der Waals surface area (Å²) in [4.78, 5) is 26.0. The zero-order chi connectivity index (χ0) is 18.8. The molecule has 27 heavy (non-hydrogen) atoms. The smallest absolute Gasteiger partial charge is 0.226 e. The van der Waals surface area contributed by atoms with Crippen molar-refractivity contribution in [3.05, 3.63) is 64.1 Å². The van der Waals surface area contributed by atoms with Gasteiger partial charge in [0.2, 0.25) is 5.91 Å². The zero-order valence-electron chi connectivity index (χ0n) is 14.9. The monoisotopic (exact) mass is 398 g/mol. The molecule has 1 aliphatic carbocycles. The Kier molecular flexibility index (Phi) is 5.18. The van der Waals surface area contributed by atoms with E-state index in [4.69, 9.17) is 11.6 Å². The lowest BCUT2D eigenvalue weighted by Gasteiger charge is -2.17. The molecule has 5 nitrogen and oxygen atoms in total. The lowest BCUT2D eigenvalue weighted by atomic mass is 10.1. The van der Waals surface area contributed by atoms with E-state index in [1.807, 2.05) is 42.6 Å². The number of benzene rings is 1. The zero-order valence-corrected chi connectivity index (χ0v) is 16.4. The predicted octanol–water partition coefficient (Wildman–Crippen LogP) is 4.37. The third-order valence-electron chi connectivity index (χ3n) is 4.50. The molecule has 0 spiro atoms. The maximum atomic E-state index is 12.6. The highest BCUT2D eigenvalue weighted by molar-refractivity contribution is 7.13. The summed E-state index contributed by atoms with van der Waals surface area (Å²) >= 11 is 7.73. The maximum Gasteiger partial charge on any atom is 0.226 e. The Morgan fingerprint density at radius 2 is 2.11 bits per heavy atom. The number of nitrogens with zero attached hydrogens (tertiary/aromatic N) is 3. The van der Waals surface area contributed by atoms with Crippen LogP contribution in [0.4, 0.5) is 0 Å². The van der Waals surface area contributed by atoms with Gasteiger partial charge in [0.05, 0.1) is 23.2 Å². The number of hydrogen-bond donors (Lipinski definition) is 1. The molecule has 1 fully saturated rings. The Labute approximate surface area is 166 Å². The molecule has 3 aromatic rings. The van der Waals surface area contributed by atoms with Gasteiger partial charge in [0.1, 0.15) is 5.01 Å². The van der Waals surface area contributed by atoms with Crippen molar-refractivity contribution < 1.29 is 4.79 Å². The first-order chi connectivity index (χ1) is 13.1. The highest BCUT2D eigenvalue weighted by Gasteiger charge is 2.35.